The van der Waals surface area contributed by atoms with E-state index in [4.69, 9.17) is 23.7 Å². The number of carbonyl (C=O) groups excluding carboxylic acids is 3. The first kappa shape index (κ1) is 70.1. The second kappa shape index (κ2) is 51.9. The van der Waals surface area contributed by atoms with E-state index in [1.165, 1.54) is 38.5 Å². The third-order valence-corrected chi connectivity index (χ3v) is 12.5. The van der Waals surface area contributed by atoms with E-state index in [1.54, 1.807) is 0 Å². The van der Waals surface area contributed by atoms with E-state index < -0.39 is 67.3 Å². The molecular weight excluding hydrogens is 973 g/mol. The molecule has 1 aliphatic rings. The lowest BCUT2D eigenvalue weighted by atomic mass is 9.98. The van der Waals surface area contributed by atoms with Crippen LogP contribution >= 0.6 is 0 Å². The fourth-order valence-electron chi connectivity index (χ4n) is 8.05. The molecule has 6 atom stereocenters. The zero-order valence-corrected chi connectivity index (χ0v) is 47.7. The average molecular weight is 1080 g/mol. The van der Waals surface area contributed by atoms with Gasteiger partial charge in [0.2, 0.25) is 0 Å². The Bertz CT molecular complexity index is 1800. The van der Waals surface area contributed by atoms with Gasteiger partial charge in [0.15, 0.2) is 24.6 Å². The molecule has 0 bridgehead atoms. The maximum absolute atomic E-state index is 13.1. The van der Waals surface area contributed by atoms with Gasteiger partial charge < -0.3 is 39.0 Å². The van der Waals surface area contributed by atoms with Crippen molar-refractivity contribution in [2.24, 2.45) is 0 Å². The maximum atomic E-state index is 13.1. The highest BCUT2D eigenvalue weighted by Crippen LogP contribution is 2.26. The summed E-state index contributed by atoms with van der Waals surface area (Å²) in [5.74, 6) is -3.30. The van der Waals surface area contributed by atoms with Crippen LogP contribution in [0.25, 0.3) is 0 Å². The van der Waals surface area contributed by atoms with Crippen molar-refractivity contribution in [1.29, 1.82) is 0 Å². The van der Waals surface area contributed by atoms with Crippen LogP contribution < -0.4 is 0 Å². The number of allylic oxidation sites excluding steroid dienone is 20. The van der Waals surface area contributed by atoms with Crippen LogP contribution in [0.3, 0.4) is 0 Å². The molecule has 1 rings (SSSR count). The Labute approximate surface area is 465 Å². The van der Waals surface area contributed by atoms with Crippen LogP contribution in [-0.2, 0) is 42.9 Å². The summed E-state index contributed by atoms with van der Waals surface area (Å²) in [7, 11) is 0. The monoisotopic (exact) mass is 1070 g/mol. The zero-order chi connectivity index (χ0) is 56.1. The third kappa shape index (κ3) is 41.8. The number of aliphatic hydroxyl groups is 2. The van der Waals surface area contributed by atoms with Gasteiger partial charge in [-0.15, -0.1) is 0 Å². The number of hydrogen-bond acceptors (Lipinski definition) is 11. The summed E-state index contributed by atoms with van der Waals surface area (Å²) in [6, 6.07) is 0. The second-order valence-corrected chi connectivity index (χ2v) is 19.5. The number of ether oxygens (including phenoxy) is 5. The molecule has 1 fully saturated rings. The Morgan fingerprint density at radius 2 is 0.844 bits per heavy atom. The lowest BCUT2D eigenvalue weighted by molar-refractivity contribution is -0.301. The summed E-state index contributed by atoms with van der Waals surface area (Å²) < 4.78 is 28.3. The number of hydrogen-bond donors (Lipinski definition) is 3. The Balaban J connectivity index is 2.75. The molecule has 0 amide bonds. The molecule has 0 radical (unpaired) electrons. The third-order valence-electron chi connectivity index (χ3n) is 12.5. The molecule has 0 aliphatic carbocycles. The highest BCUT2D eigenvalue weighted by Gasteiger charge is 2.50. The van der Waals surface area contributed by atoms with Gasteiger partial charge in [0.1, 0.15) is 18.8 Å². The van der Waals surface area contributed by atoms with Crippen molar-refractivity contribution >= 4 is 23.9 Å². The molecule has 0 saturated carbocycles. The lowest BCUT2D eigenvalue weighted by Gasteiger charge is -2.40. The minimum absolute atomic E-state index is 0.0269. The molecule has 12 heteroatoms. The SMILES string of the molecule is CC/C=C\C/C=C\C/C=C\C/C=C\C/C=C\CCCCCC(=O)OCC(COC1OC(C(=O)O)C(O)C(O)C1OC(=O)CCCCCCC/C=C\CCCCCCCC)OC(=O)CC/C=C\C/C=C\C/C=C\C/C=C\CC. The van der Waals surface area contributed by atoms with Gasteiger partial charge >= 0.3 is 23.9 Å². The number of rotatable bonds is 48. The van der Waals surface area contributed by atoms with Gasteiger partial charge in [-0.25, -0.2) is 4.79 Å². The van der Waals surface area contributed by atoms with Crippen molar-refractivity contribution in [3.63, 3.8) is 0 Å². The highest BCUT2D eigenvalue weighted by atomic mass is 16.7. The minimum Gasteiger partial charge on any atom is -0.479 e. The minimum atomic E-state index is -1.93. The average Bonchev–Trinajstić information content (AvgIpc) is 3.42. The van der Waals surface area contributed by atoms with E-state index in [2.05, 4.69) is 130 Å². The topological polar surface area (TPSA) is 175 Å². The molecule has 0 aromatic heterocycles. The van der Waals surface area contributed by atoms with E-state index >= 15 is 0 Å². The van der Waals surface area contributed by atoms with Crippen LogP contribution in [0.5, 0.6) is 0 Å². The summed E-state index contributed by atoms with van der Waals surface area (Å²) in [4.78, 5) is 51.1. The fraction of sp³-hybridized carbons (Fsp3) is 0.631. The van der Waals surface area contributed by atoms with E-state index in [1.807, 2.05) is 12.2 Å². The number of carbonyl (C=O) groups is 4. The Morgan fingerprint density at radius 1 is 0.442 bits per heavy atom. The van der Waals surface area contributed by atoms with Gasteiger partial charge in [-0.2, -0.15) is 0 Å². The molecule has 3 N–H and O–H groups in total. The Kier molecular flexibility index (Phi) is 47.2. The molecule has 434 valence electrons. The number of unbranched alkanes of at least 4 members (excludes halogenated alkanes) is 14. The summed E-state index contributed by atoms with van der Waals surface area (Å²) in [5, 5.41) is 31.5. The van der Waals surface area contributed by atoms with Crippen LogP contribution in [0.1, 0.15) is 213 Å². The van der Waals surface area contributed by atoms with Crippen molar-refractivity contribution in [1.82, 2.24) is 0 Å². The number of esters is 3. The van der Waals surface area contributed by atoms with Crippen LogP contribution in [-0.4, -0.2) is 89.2 Å². The summed E-state index contributed by atoms with van der Waals surface area (Å²) in [6.45, 7) is 5.65. The molecule has 6 unspecified atom stereocenters. The van der Waals surface area contributed by atoms with E-state index in [0.717, 1.165) is 109 Å². The quantitative estimate of drug-likeness (QED) is 0.0228. The first-order valence-corrected chi connectivity index (χ1v) is 29.5. The van der Waals surface area contributed by atoms with E-state index in [-0.39, 0.29) is 25.9 Å². The molecular formula is C65H102O12. The maximum Gasteiger partial charge on any atom is 0.335 e. The fourth-order valence-corrected chi connectivity index (χ4v) is 8.05. The van der Waals surface area contributed by atoms with E-state index in [9.17, 15) is 34.5 Å². The Hall–Kier alpha value is -4.88. The summed E-state index contributed by atoms with van der Waals surface area (Å²) in [6.07, 6.45) is 59.0. The standard InChI is InChI=1S/C65H102O12/c1-4-7-10-13-16-19-22-25-27-28-29-30-32-34-36-39-42-45-48-51-57(66)73-54-56(75-58(67)52-49-46-43-40-37-33-24-21-18-15-12-9-6-3)55-74-65-63(61(70)60(69)62(77-65)64(71)72)76-59(68)53-50-47-44-41-38-35-31-26-23-20-17-14-11-8-5-2/h7,9-10,12,16,18-19,21,25-27,29-31,33-34,36-37,43,46,56,60-63,65,69-70H,4-6,8,11,13-15,17,20,22-24,28,32,35,38-42,44-45,47-55H2,1-3H3,(H,71,72)/b10-7-,12-9-,19-16-,21-18-,27-25-,30-29-,31-26-,36-34-,37-33-,46-43-. The number of aliphatic hydroxyl groups excluding tert-OH is 2. The van der Waals surface area contributed by atoms with Crippen molar-refractivity contribution < 1.29 is 58.2 Å². The number of carboxylic acids is 1. The smallest absolute Gasteiger partial charge is 0.335 e. The first-order valence-electron chi connectivity index (χ1n) is 29.5. The molecule has 0 aromatic carbocycles. The normalized spacial score (nSPS) is 18.9. The molecule has 1 aliphatic heterocycles. The molecule has 77 heavy (non-hydrogen) atoms. The number of aliphatic carboxylic acids is 1. The number of carboxylic acid groups (broad SMARTS) is 1. The predicted octanol–water partition coefficient (Wildman–Crippen LogP) is 15.2. The lowest BCUT2D eigenvalue weighted by Crippen LogP contribution is -2.61. The molecule has 1 saturated heterocycles. The highest BCUT2D eigenvalue weighted by molar-refractivity contribution is 5.74. The van der Waals surface area contributed by atoms with Crippen molar-refractivity contribution in [3.05, 3.63) is 122 Å². The van der Waals surface area contributed by atoms with Gasteiger partial charge in [-0.3, -0.25) is 14.4 Å². The van der Waals surface area contributed by atoms with Crippen LogP contribution in [0.15, 0.2) is 122 Å². The van der Waals surface area contributed by atoms with Gasteiger partial charge in [-0.1, -0.05) is 200 Å². The molecule has 0 spiro atoms. The zero-order valence-electron chi connectivity index (χ0n) is 47.7. The summed E-state index contributed by atoms with van der Waals surface area (Å²) in [5.41, 5.74) is 0. The molecule has 0 aromatic rings. The van der Waals surface area contributed by atoms with Gasteiger partial charge in [0.25, 0.3) is 0 Å². The van der Waals surface area contributed by atoms with E-state index in [0.29, 0.717) is 25.7 Å². The van der Waals surface area contributed by atoms with Crippen molar-refractivity contribution in [2.75, 3.05) is 13.2 Å². The Morgan fingerprint density at radius 3 is 1.32 bits per heavy atom. The van der Waals surface area contributed by atoms with Crippen molar-refractivity contribution in [3.8, 4) is 0 Å². The first-order chi connectivity index (χ1) is 37.6. The molecule has 12 nitrogen and oxygen atoms in total. The largest absolute Gasteiger partial charge is 0.479 e. The van der Waals surface area contributed by atoms with Gasteiger partial charge in [0.05, 0.1) is 6.61 Å². The van der Waals surface area contributed by atoms with Gasteiger partial charge in [0, 0.05) is 19.3 Å². The van der Waals surface area contributed by atoms with Crippen molar-refractivity contribution in [2.45, 2.75) is 250 Å². The second-order valence-electron chi connectivity index (χ2n) is 19.5. The predicted molar refractivity (Wildman–Crippen MR) is 312 cm³/mol. The van der Waals surface area contributed by atoms with Crippen LogP contribution in [0, 0.1) is 0 Å². The van der Waals surface area contributed by atoms with Crippen LogP contribution in [0.4, 0.5) is 0 Å². The summed E-state index contributed by atoms with van der Waals surface area (Å²) >= 11 is 0. The van der Waals surface area contributed by atoms with Gasteiger partial charge in [-0.05, 0) is 116 Å². The molecule has 1 heterocycles. The van der Waals surface area contributed by atoms with Crippen LogP contribution in [0.2, 0.25) is 0 Å².